The van der Waals surface area contributed by atoms with E-state index in [1.807, 2.05) is 6.92 Å². The van der Waals surface area contributed by atoms with Gasteiger partial charge in [0.15, 0.2) is 5.17 Å². The molecule has 26 heavy (non-hydrogen) atoms. The van der Waals surface area contributed by atoms with Gasteiger partial charge in [-0.3, -0.25) is 9.69 Å². The molecule has 1 aliphatic rings. The molecule has 1 heterocycles. The molecule has 1 fully saturated rings. The van der Waals surface area contributed by atoms with Gasteiger partial charge in [0.05, 0.1) is 16.2 Å². The molecule has 132 valence electrons. The standard InChI is InChI=1S/C19H16N2O4S/c1-2-21-17(23)16(11-12-6-3-4-9-15(12)22)26-19(21)20-14-8-5-7-13(10-14)18(24)25/h3-11,22H,2H2,1H3,(H,24,25)/p-1/b16-11-,20-19?. The second-order valence-corrected chi connectivity index (χ2v) is 6.46. The predicted octanol–water partition coefficient (Wildman–Crippen LogP) is 3.08. The smallest absolute Gasteiger partial charge is 0.335 e. The van der Waals surface area contributed by atoms with Gasteiger partial charge in [-0.2, -0.15) is 0 Å². The van der Waals surface area contributed by atoms with Crippen molar-refractivity contribution < 1.29 is 19.8 Å². The van der Waals surface area contributed by atoms with Crippen LogP contribution >= 0.6 is 11.8 Å². The molecule has 0 radical (unpaired) electrons. The molecule has 7 heteroatoms. The summed E-state index contributed by atoms with van der Waals surface area (Å²) in [5.74, 6) is -1.42. The van der Waals surface area contributed by atoms with Gasteiger partial charge in [-0.05, 0) is 48.5 Å². The Kier molecular flexibility index (Phi) is 5.09. The number of amidine groups is 1. The number of nitrogens with zero attached hydrogens (tertiary/aromatic N) is 2. The van der Waals surface area contributed by atoms with E-state index in [-0.39, 0.29) is 17.2 Å². The summed E-state index contributed by atoms with van der Waals surface area (Å²) in [6.45, 7) is 2.24. The van der Waals surface area contributed by atoms with Crippen LogP contribution in [-0.2, 0) is 4.79 Å². The summed E-state index contributed by atoms with van der Waals surface area (Å²) in [6.07, 6.45) is 1.56. The number of carbonyl (C=O) groups is 2. The lowest BCUT2D eigenvalue weighted by atomic mass is 10.2. The van der Waals surface area contributed by atoms with Crippen LogP contribution in [0.15, 0.2) is 58.4 Å². The number of carbonyl (C=O) groups excluding carboxylic acids is 1. The molecular weight excluding hydrogens is 352 g/mol. The first-order valence-electron chi connectivity index (χ1n) is 7.89. The summed E-state index contributed by atoms with van der Waals surface area (Å²) in [4.78, 5) is 30.0. The molecular formula is C19H15N2O4S-. The first-order chi connectivity index (χ1) is 12.5. The Morgan fingerprint density at radius 1 is 1.27 bits per heavy atom. The van der Waals surface area contributed by atoms with Crippen LogP contribution in [0.4, 0.5) is 5.69 Å². The van der Waals surface area contributed by atoms with Gasteiger partial charge in [-0.1, -0.05) is 30.3 Å². The lowest BCUT2D eigenvalue weighted by molar-refractivity contribution is -0.268. The van der Waals surface area contributed by atoms with Gasteiger partial charge >= 0.3 is 5.97 Å². The Balaban J connectivity index is 1.96. The zero-order valence-electron chi connectivity index (χ0n) is 13.9. The molecule has 2 aromatic rings. The number of carboxylic acid groups (broad SMARTS) is 1. The number of likely N-dealkylation sites (N-methyl/N-ethyl adjacent to an activating group) is 1. The third-order valence-electron chi connectivity index (χ3n) is 3.73. The fourth-order valence-electron chi connectivity index (χ4n) is 2.43. The Morgan fingerprint density at radius 2 is 2.04 bits per heavy atom. The monoisotopic (exact) mass is 367 g/mol. The van der Waals surface area contributed by atoms with Crippen molar-refractivity contribution in [3.63, 3.8) is 0 Å². The molecule has 0 aliphatic carbocycles. The third-order valence-corrected chi connectivity index (χ3v) is 4.73. The van der Waals surface area contributed by atoms with Crippen LogP contribution in [0.1, 0.15) is 22.8 Å². The highest BCUT2D eigenvalue weighted by Crippen LogP contribution is 2.34. The van der Waals surface area contributed by atoms with Crippen molar-refractivity contribution in [2.24, 2.45) is 4.99 Å². The van der Waals surface area contributed by atoms with Gasteiger partial charge in [0.2, 0.25) is 0 Å². The number of para-hydroxylation sites is 1. The number of benzene rings is 2. The summed E-state index contributed by atoms with van der Waals surface area (Å²) in [5, 5.41) is 21.4. The highest BCUT2D eigenvalue weighted by atomic mass is 32.2. The summed E-state index contributed by atoms with van der Waals surface area (Å²) >= 11 is 1.17. The van der Waals surface area contributed by atoms with E-state index < -0.39 is 5.97 Å². The van der Waals surface area contributed by atoms with Crippen molar-refractivity contribution in [2.75, 3.05) is 6.54 Å². The van der Waals surface area contributed by atoms with Crippen molar-refractivity contribution in [1.29, 1.82) is 0 Å². The molecule has 0 aromatic heterocycles. The van der Waals surface area contributed by atoms with Crippen molar-refractivity contribution in [2.45, 2.75) is 6.92 Å². The average Bonchev–Trinajstić information content (AvgIpc) is 2.91. The molecule has 6 nitrogen and oxygen atoms in total. The topological polar surface area (TPSA) is 93.0 Å². The van der Waals surface area contributed by atoms with Gasteiger partial charge in [0.25, 0.3) is 5.91 Å². The minimum atomic E-state index is -1.04. The van der Waals surface area contributed by atoms with Crippen LogP contribution in [0.25, 0.3) is 6.08 Å². The van der Waals surface area contributed by atoms with Gasteiger partial charge in [-0.25, -0.2) is 9.79 Å². The van der Waals surface area contributed by atoms with Crippen LogP contribution in [0.5, 0.6) is 5.75 Å². The van der Waals surface area contributed by atoms with Crippen LogP contribution in [0, 0.1) is 0 Å². The highest BCUT2D eigenvalue weighted by Gasteiger charge is 2.32. The van der Waals surface area contributed by atoms with Gasteiger partial charge < -0.3 is 10.2 Å². The average molecular weight is 367 g/mol. The zero-order chi connectivity index (χ0) is 18.7. The quantitative estimate of drug-likeness (QED) is 0.838. The highest BCUT2D eigenvalue weighted by molar-refractivity contribution is 8.18. The lowest BCUT2D eigenvalue weighted by Gasteiger charge is -2.12. The minimum Gasteiger partial charge on any atom is -0.872 e. The fourth-order valence-corrected chi connectivity index (χ4v) is 3.48. The van der Waals surface area contributed by atoms with Crippen molar-refractivity contribution in [3.8, 4) is 5.75 Å². The number of aliphatic imine (C=N–C) groups is 1. The third kappa shape index (κ3) is 3.62. The van der Waals surface area contributed by atoms with E-state index in [0.717, 1.165) is 0 Å². The molecule has 0 bridgehead atoms. The summed E-state index contributed by atoms with van der Waals surface area (Å²) in [6, 6.07) is 12.7. The van der Waals surface area contributed by atoms with E-state index in [1.54, 1.807) is 36.4 Å². The van der Waals surface area contributed by atoms with Gasteiger partial charge in [-0.15, -0.1) is 5.75 Å². The van der Waals surface area contributed by atoms with E-state index in [9.17, 15) is 14.7 Å². The lowest BCUT2D eigenvalue weighted by Crippen LogP contribution is -2.28. The second-order valence-electron chi connectivity index (χ2n) is 5.45. The van der Waals surface area contributed by atoms with E-state index in [0.29, 0.717) is 27.9 Å². The predicted molar refractivity (Wildman–Crippen MR) is 99.3 cm³/mol. The SMILES string of the molecule is CCN1C(=O)/C(=C/c2ccccc2[O-])SC1=Nc1cccc(C(=O)O)c1. The van der Waals surface area contributed by atoms with Crippen molar-refractivity contribution in [1.82, 2.24) is 4.90 Å². The van der Waals surface area contributed by atoms with Crippen molar-refractivity contribution in [3.05, 3.63) is 64.6 Å². The summed E-state index contributed by atoms with van der Waals surface area (Å²) in [7, 11) is 0. The Morgan fingerprint density at radius 3 is 2.73 bits per heavy atom. The van der Waals surface area contributed by atoms with E-state index in [4.69, 9.17) is 5.11 Å². The molecule has 0 spiro atoms. The Bertz CT molecular complexity index is 937. The summed E-state index contributed by atoms with van der Waals surface area (Å²) < 4.78 is 0. The second kappa shape index (κ2) is 7.45. The number of hydrogen-bond donors (Lipinski definition) is 1. The van der Waals surface area contributed by atoms with Crippen LogP contribution in [0.3, 0.4) is 0 Å². The summed E-state index contributed by atoms with van der Waals surface area (Å²) in [5.41, 5.74) is 1.01. The first kappa shape index (κ1) is 17.8. The van der Waals surface area contributed by atoms with E-state index in [2.05, 4.69) is 4.99 Å². The maximum absolute atomic E-state index is 12.6. The van der Waals surface area contributed by atoms with Gasteiger partial charge in [0.1, 0.15) is 0 Å². The van der Waals surface area contributed by atoms with E-state index >= 15 is 0 Å². The molecule has 1 amide bonds. The van der Waals surface area contributed by atoms with Crippen LogP contribution < -0.4 is 5.11 Å². The first-order valence-corrected chi connectivity index (χ1v) is 8.70. The van der Waals surface area contributed by atoms with E-state index in [1.165, 1.54) is 34.9 Å². The number of carboxylic acids is 1. The maximum Gasteiger partial charge on any atom is 0.335 e. The number of hydrogen-bond acceptors (Lipinski definition) is 5. The minimum absolute atomic E-state index is 0.125. The Labute approximate surface area is 154 Å². The molecule has 3 rings (SSSR count). The Hall–Kier alpha value is -3.06. The maximum atomic E-state index is 12.6. The number of rotatable bonds is 4. The number of aromatic carboxylic acids is 1. The number of thioether (sulfide) groups is 1. The molecule has 1 N–H and O–H groups in total. The molecule has 0 unspecified atom stereocenters. The molecule has 0 saturated carbocycles. The molecule has 0 atom stereocenters. The molecule has 1 saturated heterocycles. The van der Waals surface area contributed by atoms with Crippen molar-refractivity contribution >= 4 is 40.6 Å². The van der Waals surface area contributed by atoms with Crippen LogP contribution in [-0.4, -0.2) is 33.6 Å². The molecule has 2 aromatic carbocycles. The van der Waals surface area contributed by atoms with Crippen LogP contribution in [0.2, 0.25) is 0 Å². The fraction of sp³-hybridized carbons (Fsp3) is 0.105. The molecule has 1 aliphatic heterocycles. The van der Waals surface area contributed by atoms with Gasteiger partial charge in [0, 0.05) is 6.54 Å². The largest absolute Gasteiger partial charge is 0.872 e. The number of amides is 1. The zero-order valence-corrected chi connectivity index (χ0v) is 14.7. The normalized spacial score (nSPS) is 17.3.